The number of nitrogens with one attached hydrogen (secondary N) is 2. The molecule has 0 saturated carbocycles. The van der Waals surface area contributed by atoms with Gasteiger partial charge in [-0.1, -0.05) is 36.4 Å². The molecule has 5 rings (SSSR count). The highest BCUT2D eigenvalue weighted by Gasteiger charge is 2.32. The molecule has 0 bridgehead atoms. The van der Waals surface area contributed by atoms with Crippen molar-refractivity contribution in [3.05, 3.63) is 81.9 Å². The zero-order chi connectivity index (χ0) is 29.8. The Balaban J connectivity index is 1.42. The smallest absolute Gasteiger partial charge is 0.305 e. The molecule has 3 N–H and O–H groups in total. The number of hydrogen-bond acceptors (Lipinski definition) is 9. The molecular formula is C29H27N5O8. The third kappa shape index (κ3) is 5.89. The van der Waals surface area contributed by atoms with Crippen LogP contribution >= 0.6 is 0 Å². The van der Waals surface area contributed by atoms with E-state index in [0.717, 1.165) is 5.56 Å². The molecule has 0 unspecified atom stereocenters. The number of carbonyl (C=O) groups excluding carboxylic acids is 3. The second-order valence-corrected chi connectivity index (χ2v) is 9.66. The summed E-state index contributed by atoms with van der Waals surface area (Å²) in [5, 5.41) is 14.4. The van der Waals surface area contributed by atoms with E-state index in [1.165, 1.54) is 11.7 Å². The van der Waals surface area contributed by atoms with E-state index in [4.69, 9.17) is 9.15 Å². The van der Waals surface area contributed by atoms with Crippen molar-refractivity contribution in [2.75, 3.05) is 12.4 Å². The number of anilines is 1. The summed E-state index contributed by atoms with van der Waals surface area (Å²) < 4.78 is 12.2. The van der Waals surface area contributed by atoms with Crippen LogP contribution in [0.4, 0.5) is 5.69 Å². The molecule has 2 amide bonds. The molecule has 3 heterocycles. The van der Waals surface area contributed by atoms with E-state index in [1.807, 2.05) is 30.3 Å². The average molecular weight is 574 g/mol. The number of carbonyl (C=O) groups is 4. The van der Waals surface area contributed by atoms with E-state index in [9.17, 15) is 29.1 Å². The number of nitrogens with zero attached hydrogens (tertiary/aromatic N) is 3. The number of aryl methyl sites for hydroxylation is 2. The van der Waals surface area contributed by atoms with Crippen LogP contribution in [-0.4, -0.2) is 56.4 Å². The average Bonchev–Trinajstić information content (AvgIpc) is 3.64. The Morgan fingerprint density at radius 2 is 1.88 bits per heavy atom. The summed E-state index contributed by atoms with van der Waals surface area (Å²) in [5.41, 5.74) is 0.0292. The fourth-order valence-electron chi connectivity index (χ4n) is 4.75. The van der Waals surface area contributed by atoms with Gasteiger partial charge in [0.15, 0.2) is 17.0 Å². The standard InChI is InChI=1S/C29H27N5O8/c1-41-19-10-5-9-17-26(19)42-28(31-17)25(38)18(15-22(36)37)30-27(39)23-24(29(40)34-14-6-11-20(34)32-23)33-21(35)13-12-16-7-3-2-4-8-16/h2-5,7-10,18H,6,11-15H2,1H3,(H,30,39)(H,33,35)(H,36,37)/t18-/m0/s1. The van der Waals surface area contributed by atoms with Crippen molar-refractivity contribution in [3.8, 4) is 5.75 Å². The zero-order valence-electron chi connectivity index (χ0n) is 22.6. The van der Waals surface area contributed by atoms with Crippen molar-refractivity contribution >= 4 is 40.4 Å². The lowest BCUT2D eigenvalue weighted by Crippen LogP contribution is -2.44. The number of benzene rings is 2. The summed E-state index contributed by atoms with van der Waals surface area (Å²) in [6.45, 7) is 0.372. The minimum atomic E-state index is -1.62. The molecule has 216 valence electrons. The van der Waals surface area contributed by atoms with Crippen molar-refractivity contribution in [2.45, 2.75) is 44.7 Å². The Morgan fingerprint density at radius 3 is 2.62 bits per heavy atom. The number of ether oxygens (including phenoxy) is 1. The van der Waals surface area contributed by atoms with Gasteiger partial charge in [-0.3, -0.25) is 28.5 Å². The molecule has 1 atom stereocenters. The van der Waals surface area contributed by atoms with Crippen LogP contribution in [-0.2, 0) is 29.0 Å². The molecule has 0 saturated heterocycles. The van der Waals surface area contributed by atoms with Crippen LogP contribution in [0.25, 0.3) is 11.1 Å². The minimum absolute atomic E-state index is 0.0353. The Hall–Kier alpha value is -5.33. The van der Waals surface area contributed by atoms with Crippen molar-refractivity contribution in [1.29, 1.82) is 0 Å². The third-order valence-electron chi connectivity index (χ3n) is 6.80. The van der Waals surface area contributed by atoms with Gasteiger partial charge in [0, 0.05) is 19.4 Å². The van der Waals surface area contributed by atoms with Gasteiger partial charge in [0.05, 0.1) is 13.5 Å². The van der Waals surface area contributed by atoms with Gasteiger partial charge in [0.1, 0.15) is 23.1 Å². The quantitative estimate of drug-likeness (QED) is 0.225. The Bertz CT molecular complexity index is 1740. The second kappa shape index (κ2) is 12.0. The number of methoxy groups -OCH3 is 1. The van der Waals surface area contributed by atoms with Gasteiger partial charge < -0.3 is 24.9 Å². The normalized spacial score (nSPS) is 12.9. The molecule has 13 heteroatoms. The molecule has 1 aliphatic rings. The molecule has 1 aliphatic heterocycles. The third-order valence-corrected chi connectivity index (χ3v) is 6.80. The lowest BCUT2D eigenvalue weighted by atomic mass is 10.1. The molecular weight excluding hydrogens is 546 g/mol. The van der Waals surface area contributed by atoms with Crippen LogP contribution in [0.2, 0.25) is 0 Å². The molecule has 13 nitrogen and oxygen atoms in total. The molecule has 2 aromatic heterocycles. The van der Waals surface area contributed by atoms with Crippen LogP contribution in [0.3, 0.4) is 0 Å². The SMILES string of the molecule is COc1cccc2nc(C(=O)[C@H](CC(=O)O)NC(=O)c3nc4n(c(=O)c3NC(=O)CCc3ccccc3)CCC4)oc12. The highest BCUT2D eigenvalue weighted by atomic mass is 16.5. The molecule has 2 aromatic carbocycles. The number of fused-ring (bicyclic) bond motifs is 2. The number of carboxylic acid groups (broad SMARTS) is 1. The number of aliphatic carboxylic acids is 1. The topological polar surface area (TPSA) is 183 Å². The van der Waals surface area contributed by atoms with Gasteiger partial charge in [-0.25, -0.2) is 9.97 Å². The number of oxazole rings is 1. The number of hydrogen-bond donors (Lipinski definition) is 3. The van der Waals surface area contributed by atoms with E-state index < -0.39 is 53.2 Å². The second-order valence-electron chi connectivity index (χ2n) is 9.66. The van der Waals surface area contributed by atoms with Crippen molar-refractivity contribution in [2.24, 2.45) is 0 Å². The zero-order valence-corrected chi connectivity index (χ0v) is 22.6. The van der Waals surface area contributed by atoms with Gasteiger partial charge in [-0.15, -0.1) is 0 Å². The number of amides is 2. The Labute approximate surface area is 238 Å². The number of rotatable bonds is 11. The maximum absolute atomic E-state index is 13.5. The minimum Gasteiger partial charge on any atom is -0.493 e. The Kier molecular flexibility index (Phi) is 8.09. The number of Topliss-reactive ketones (excluding diaryl/α,β-unsaturated/α-hetero) is 1. The van der Waals surface area contributed by atoms with Gasteiger partial charge in [-0.05, 0) is 30.5 Å². The fourth-order valence-corrected chi connectivity index (χ4v) is 4.75. The first kappa shape index (κ1) is 28.2. The summed E-state index contributed by atoms with van der Waals surface area (Å²) in [6.07, 6.45) is 0.686. The molecule has 0 fully saturated rings. The van der Waals surface area contributed by atoms with Crippen molar-refractivity contribution in [3.63, 3.8) is 0 Å². The van der Waals surface area contributed by atoms with Gasteiger partial charge >= 0.3 is 5.97 Å². The molecule has 0 aliphatic carbocycles. The summed E-state index contributed by atoms with van der Waals surface area (Å²) in [5.74, 6) is -3.57. The monoisotopic (exact) mass is 573 g/mol. The first-order valence-corrected chi connectivity index (χ1v) is 13.2. The first-order valence-electron chi connectivity index (χ1n) is 13.2. The summed E-state index contributed by atoms with van der Waals surface area (Å²) in [7, 11) is 1.41. The number of carboxylic acids is 1. The molecule has 0 spiro atoms. The van der Waals surface area contributed by atoms with E-state index in [0.29, 0.717) is 42.9 Å². The fraction of sp³-hybridized carbons (Fsp3) is 0.276. The van der Waals surface area contributed by atoms with Crippen LogP contribution in [0.15, 0.2) is 57.7 Å². The van der Waals surface area contributed by atoms with Crippen LogP contribution < -0.4 is 20.9 Å². The maximum Gasteiger partial charge on any atom is 0.305 e. The highest BCUT2D eigenvalue weighted by molar-refractivity contribution is 6.06. The summed E-state index contributed by atoms with van der Waals surface area (Å²) >= 11 is 0. The largest absolute Gasteiger partial charge is 0.493 e. The lowest BCUT2D eigenvalue weighted by Gasteiger charge is -2.17. The summed E-state index contributed by atoms with van der Waals surface area (Å²) in [4.78, 5) is 73.0. The van der Waals surface area contributed by atoms with Gasteiger partial charge in [-0.2, -0.15) is 0 Å². The van der Waals surface area contributed by atoms with E-state index in [2.05, 4.69) is 20.6 Å². The van der Waals surface area contributed by atoms with Crippen molar-refractivity contribution in [1.82, 2.24) is 19.9 Å². The van der Waals surface area contributed by atoms with E-state index in [1.54, 1.807) is 18.2 Å². The van der Waals surface area contributed by atoms with E-state index >= 15 is 0 Å². The maximum atomic E-state index is 13.5. The first-order chi connectivity index (χ1) is 20.2. The van der Waals surface area contributed by atoms with Gasteiger partial charge in [0.25, 0.3) is 17.4 Å². The van der Waals surface area contributed by atoms with Crippen LogP contribution in [0, 0.1) is 0 Å². The predicted molar refractivity (Wildman–Crippen MR) is 149 cm³/mol. The molecule has 0 radical (unpaired) electrons. The number of aromatic nitrogens is 3. The predicted octanol–water partition coefficient (Wildman–Crippen LogP) is 2.37. The summed E-state index contributed by atoms with van der Waals surface area (Å²) in [6, 6.07) is 12.5. The van der Waals surface area contributed by atoms with E-state index in [-0.39, 0.29) is 17.7 Å². The Morgan fingerprint density at radius 1 is 1.10 bits per heavy atom. The van der Waals surface area contributed by atoms with Crippen molar-refractivity contribution < 1.29 is 33.4 Å². The van der Waals surface area contributed by atoms with Crippen LogP contribution in [0.1, 0.15) is 51.8 Å². The highest BCUT2D eigenvalue weighted by Crippen LogP contribution is 2.27. The van der Waals surface area contributed by atoms with Crippen LogP contribution in [0.5, 0.6) is 5.75 Å². The van der Waals surface area contributed by atoms with Gasteiger partial charge in [0.2, 0.25) is 11.7 Å². The molecule has 4 aromatic rings. The molecule has 42 heavy (non-hydrogen) atoms. The number of para-hydroxylation sites is 1. The lowest BCUT2D eigenvalue weighted by molar-refractivity contribution is -0.137. The number of ketones is 1.